The largest absolute Gasteiger partial charge is 0.412 e. The van der Waals surface area contributed by atoms with Crippen LogP contribution in [0.3, 0.4) is 0 Å². The number of amides is 4. The Kier molecular flexibility index (Phi) is 16.0. The number of carbonyl (C=O) groups is 4. The van der Waals surface area contributed by atoms with Crippen LogP contribution in [-0.2, 0) is 43.6 Å². The fourth-order valence-electron chi connectivity index (χ4n) is 4.61. The lowest BCUT2D eigenvalue weighted by atomic mass is 10.1. The first kappa shape index (κ1) is 39.7. The van der Waals surface area contributed by atoms with E-state index >= 15 is 0 Å². The minimum absolute atomic E-state index is 0. The second kappa shape index (κ2) is 18.6. The Morgan fingerprint density at radius 3 is 2.28 bits per heavy atom. The quantitative estimate of drug-likeness (QED) is 0.201. The topological polar surface area (TPSA) is 224 Å². The van der Waals surface area contributed by atoms with E-state index in [4.69, 9.17) is 10.5 Å². The molecule has 2 atom stereocenters. The number of hydrogen-bond donors (Lipinski definition) is 4. The molecule has 2 aromatic carbocycles. The van der Waals surface area contributed by atoms with Crippen molar-refractivity contribution in [2.45, 2.75) is 64.0 Å². The van der Waals surface area contributed by atoms with Crippen LogP contribution in [0.2, 0.25) is 0 Å². The van der Waals surface area contributed by atoms with Gasteiger partial charge in [-0.3, -0.25) is 19.2 Å². The van der Waals surface area contributed by atoms with E-state index in [-0.39, 0.29) is 60.8 Å². The van der Waals surface area contributed by atoms with Gasteiger partial charge in [-0.2, -0.15) is 0 Å². The van der Waals surface area contributed by atoms with Crippen LogP contribution < -0.4 is 21.7 Å². The molecule has 15 heteroatoms. The Morgan fingerprint density at radius 2 is 1.65 bits per heavy atom. The standard InChI is InChI=1S/C31H39N7O5.ClH.2H2O/c1-31(2,32)30(42)35-24(20-43-19-23-12-7-4-8-13-23)28(40)36-26-17-37(21-34-26)18-27(39)38-15-9-14-25(38)29(41)33-16-22-10-5-3-6-11-22;;;/h3-8,10-13,17,21,24-25H,9,14-16,18-20,32H2,1-2H3,(H,33,41)(H,35,42)(H,36,40);1H;2*1H2/t24-,25+;;;/m1.../s1. The van der Waals surface area contributed by atoms with Crippen molar-refractivity contribution in [3.63, 3.8) is 0 Å². The van der Waals surface area contributed by atoms with Gasteiger partial charge in [0.25, 0.3) is 5.91 Å². The molecule has 3 aromatic rings. The molecule has 0 radical (unpaired) electrons. The third kappa shape index (κ3) is 11.5. The summed E-state index contributed by atoms with van der Waals surface area (Å²) in [6, 6.07) is 17.5. The predicted molar refractivity (Wildman–Crippen MR) is 175 cm³/mol. The van der Waals surface area contributed by atoms with E-state index in [2.05, 4.69) is 20.9 Å². The number of rotatable bonds is 13. The van der Waals surface area contributed by atoms with Gasteiger partial charge in [-0.25, -0.2) is 4.98 Å². The predicted octanol–water partition coefficient (Wildman–Crippen LogP) is 0.340. The Morgan fingerprint density at radius 1 is 1.02 bits per heavy atom. The summed E-state index contributed by atoms with van der Waals surface area (Å²) in [4.78, 5) is 57.4. The molecule has 0 aliphatic carbocycles. The van der Waals surface area contributed by atoms with Crippen LogP contribution >= 0.6 is 12.4 Å². The van der Waals surface area contributed by atoms with E-state index in [1.54, 1.807) is 18.7 Å². The maximum atomic E-state index is 13.1. The maximum absolute atomic E-state index is 13.1. The second-order valence-corrected chi connectivity index (χ2v) is 11.1. The monoisotopic (exact) mass is 661 g/mol. The van der Waals surface area contributed by atoms with Gasteiger partial charge < -0.3 is 46.8 Å². The number of imidazole rings is 1. The number of benzene rings is 2. The van der Waals surface area contributed by atoms with Crippen LogP contribution in [0, 0.1) is 0 Å². The van der Waals surface area contributed by atoms with Gasteiger partial charge >= 0.3 is 0 Å². The number of likely N-dealkylation sites (tertiary alicyclic amines) is 1. The molecule has 9 N–H and O–H groups in total. The number of nitrogens with one attached hydrogen (secondary N) is 3. The summed E-state index contributed by atoms with van der Waals surface area (Å²) in [5.41, 5.74) is 6.61. The molecular weight excluding hydrogens is 618 g/mol. The first-order valence-corrected chi connectivity index (χ1v) is 14.3. The minimum Gasteiger partial charge on any atom is -0.412 e. The van der Waals surface area contributed by atoms with Crippen molar-refractivity contribution >= 4 is 41.9 Å². The minimum atomic E-state index is -1.20. The molecule has 1 aliphatic heterocycles. The Hall–Kier alpha value is -4.34. The smallest absolute Gasteiger partial charge is 0.250 e. The lowest BCUT2D eigenvalue weighted by molar-refractivity contribution is -0.139. The fraction of sp³-hybridized carbons (Fsp3) is 0.387. The van der Waals surface area contributed by atoms with Gasteiger partial charge in [-0.1, -0.05) is 60.7 Å². The van der Waals surface area contributed by atoms with E-state index in [0.29, 0.717) is 19.5 Å². The number of anilines is 1. The fourth-order valence-corrected chi connectivity index (χ4v) is 4.61. The van der Waals surface area contributed by atoms with E-state index in [1.807, 2.05) is 60.7 Å². The van der Waals surface area contributed by atoms with Gasteiger partial charge in [-0.15, -0.1) is 12.4 Å². The molecule has 4 amide bonds. The van der Waals surface area contributed by atoms with Crippen molar-refractivity contribution in [3.05, 3.63) is 84.3 Å². The van der Waals surface area contributed by atoms with Crippen LogP contribution in [0.1, 0.15) is 37.8 Å². The Bertz CT molecular complexity index is 1400. The lowest BCUT2D eigenvalue weighted by Gasteiger charge is -2.24. The van der Waals surface area contributed by atoms with Crippen molar-refractivity contribution in [2.24, 2.45) is 5.73 Å². The molecule has 1 fully saturated rings. The van der Waals surface area contributed by atoms with Crippen LogP contribution in [0.25, 0.3) is 0 Å². The third-order valence-corrected chi connectivity index (χ3v) is 6.99. The molecule has 0 saturated carbocycles. The van der Waals surface area contributed by atoms with Crippen LogP contribution in [0.5, 0.6) is 0 Å². The van der Waals surface area contributed by atoms with Gasteiger partial charge in [-0.05, 0) is 37.8 Å². The molecule has 0 spiro atoms. The Balaban J connectivity index is 0.00000353. The molecular formula is C31H44ClN7O7. The normalized spacial score (nSPS) is 14.5. The molecule has 1 saturated heterocycles. The summed E-state index contributed by atoms with van der Waals surface area (Å²) in [6.07, 6.45) is 4.28. The summed E-state index contributed by atoms with van der Waals surface area (Å²) >= 11 is 0. The summed E-state index contributed by atoms with van der Waals surface area (Å²) in [7, 11) is 0. The SMILES string of the molecule is CC(C)(N)C(=O)N[C@H](COCc1ccccc1)C(=O)Nc1cn(CC(=O)N2CCC[C@H]2C(=O)NCc2ccccc2)cn1.Cl.O.O. The average molecular weight is 662 g/mol. The van der Waals surface area contributed by atoms with E-state index in [9.17, 15) is 19.2 Å². The number of nitrogens with zero attached hydrogens (tertiary/aromatic N) is 3. The van der Waals surface area contributed by atoms with Crippen LogP contribution in [-0.4, -0.2) is 79.8 Å². The highest BCUT2D eigenvalue weighted by Gasteiger charge is 2.34. The van der Waals surface area contributed by atoms with Crippen molar-refractivity contribution in [1.29, 1.82) is 0 Å². The maximum Gasteiger partial charge on any atom is 0.250 e. The van der Waals surface area contributed by atoms with Gasteiger partial charge in [0.05, 0.1) is 25.1 Å². The Labute approximate surface area is 274 Å². The molecule has 2 heterocycles. The number of hydrogen-bond acceptors (Lipinski definition) is 7. The molecule has 46 heavy (non-hydrogen) atoms. The highest BCUT2D eigenvalue weighted by atomic mass is 35.5. The van der Waals surface area contributed by atoms with Gasteiger partial charge in [0, 0.05) is 19.3 Å². The van der Waals surface area contributed by atoms with E-state index in [1.165, 1.54) is 17.1 Å². The molecule has 4 rings (SSSR count). The average Bonchev–Trinajstić information content (AvgIpc) is 3.66. The number of aromatic nitrogens is 2. The molecule has 1 aromatic heterocycles. The molecule has 0 unspecified atom stereocenters. The van der Waals surface area contributed by atoms with Gasteiger partial charge in [0.2, 0.25) is 17.7 Å². The zero-order valence-electron chi connectivity index (χ0n) is 25.9. The summed E-state index contributed by atoms with van der Waals surface area (Å²) in [5, 5.41) is 8.24. The number of ether oxygens (including phenoxy) is 1. The van der Waals surface area contributed by atoms with Crippen LogP contribution in [0.15, 0.2) is 73.2 Å². The number of carbonyl (C=O) groups excluding carboxylic acids is 4. The first-order chi connectivity index (χ1) is 20.6. The van der Waals surface area contributed by atoms with Crippen molar-refractivity contribution in [3.8, 4) is 0 Å². The first-order valence-electron chi connectivity index (χ1n) is 14.3. The molecule has 0 bridgehead atoms. The zero-order chi connectivity index (χ0) is 30.8. The zero-order valence-corrected chi connectivity index (χ0v) is 26.7. The molecule has 252 valence electrons. The summed E-state index contributed by atoms with van der Waals surface area (Å²) in [5.74, 6) is -1.27. The third-order valence-electron chi connectivity index (χ3n) is 6.99. The highest BCUT2D eigenvalue weighted by molar-refractivity contribution is 5.98. The highest BCUT2D eigenvalue weighted by Crippen LogP contribution is 2.19. The van der Waals surface area contributed by atoms with Crippen LogP contribution in [0.4, 0.5) is 5.82 Å². The van der Waals surface area contributed by atoms with Crippen molar-refractivity contribution in [1.82, 2.24) is 25.1 Å². The molecule has 1 aliphatic rings. The van der Waals surface area contributed by atoms with Gasteiger partial charge in [0.1, 0.15) is 18.6 Å². The van der Waals surface area contributed by atoms with Gasteiger partial charge in [0.15, 0.2) is 5.82 Å². The number of nitrogens with two attached hydrogens (primary N) is 1. The summed E-state index contributed by atoms with van der Waals surface area (Å²) < 4.78 is 7.26. The van der Waals surface area contributed by atoms with Crippen molar-refractivity contribution < 1.29 is 34.9 Å². The lowest BCUT2D eigenvalue weighted by Crippen LogP contribution is -2.56. The van der Waals surface area contributed by atoms with E-state index in [0.717, 1.165) is 17.5 Å². The summed E-state index contributed by atoms with van der Waals surface area (Å²) in [6.45, 7) is 4.08. The second-order valence-electron chi connectivity index (χ2n) is 11.1. The van der Waals surface area contributed by atoms with E-state index < -0.39 is 29.4 Å². The molecule has 14 nitrogen and oxygen atoms in total. The number of halogens is 1. The van der Waals surface area contributed by atoms with Crippen molar-refractivity contribution in [2.75, 3.05) is 18.5 Å².